The summed E-state index contributed by atoms with van der Waals surface area (Å²) < 4.78 is 23.1. The number of hydrogen-bond donors (Lipinski definition) is 0. The van der Waals surface area contributed by atoms with E-state index in [0.717, 1.165) is 11.3 Å². The molecule has 0 saturated carbocycles. The Morgan fingerprint density at radius 3 is 2.28 bits per heavy atom. The highest BCUT2D eigenvalue weighted by atomic mass is 19.1. The van der Waals surface area contributed by atoms with Crippen LogP contribution in [0.4, 0.5) is 4.39 Å². The van der Waals surface area contributed by atoms with Crippen LogP contribution in [0, 0.1) is 5.82 Å². The van der Waals surface area contributed by atoms with E-state index in [9.17, 15) is 9.18 Å². The molecule has 0 aliphatic rings. The lowest BCUT2D eigenvalue weighted by Crippen LogP contribution is -1.92. The van der Waals surface area contributed by atoms with Gasteiger partial charge in [0.25, 0.3) is 6.47 Å². The van der Waals surface area contributed by atoms with Gasteiger partial charge in [0, 0.05) is 0 Å². The van der Waals surface area contributed by atoms with E-state index in [1.165, 1.54) is 12.1 Å². The molecule has 0 aliphatic heterocycles. The first kappa shape index (κ1) is 12.1. The second kappa shape index (κ2) is 5.31. The molecule has 3 nitrogen and oxygen atoms in total. The second-order valence-corrected chi connectivity index (χ2v) is 3.59. The number of hydrogen-bond acceptors (Lipinski definition) is 3. The molecule has 0 amide bonds. The lowest BCUT2D eigenvalue weighted by Gasteiger charge is -2.05. The van der Waals surface area contributed by atoms with Crippen LogP contribution >= 0.6 is 0 Å². The first-order valence-electron chi connectivity index (χ1n) is 5.29. The summed E-state index contributed by atoms with van der Waals surface area (Å²) in [5, 5.41) is 0. The summed E-state index contributed by atoms with van der Waals surface area (Å²) in [6.07, 6.45) is 0. The highest BCUT2D eigenvalue weighted by Crippen LogP contribution is 2.26. The van der Waals surface area contributed by atoms with Crippen LogP contribution in [0.3, 0.4) is 0 Å². The fourth-order valence-corrected chi connectivity index (χ4v) is 1.61. The van der Waals surface area contributed by atoms with Crippen molar-refractivity contribution in [2.45, 2.75) is 0 Å². The molecule has 0 aromatic heterocycles. The third-order valence-corrected chi connectivity index (χ3v) is 2.53. The van der Waals surface area contributed by atoms with E-state index in [4.69, 9.17) is 4.74 Å². The molecule has 0 fully saturated rings. The van der Waals surface area contributed by atoms with Gasteiger partial charge in [0.05, 0.1) is 7.11 Å². The van der Waals surface area contributed by atoms with Gasteiger partial charge in [0.1, 0.15) is 5.75 Å². The van der Waals surface area contributed by atoms with Gasteiger partial charge in [-0.3, -0.25) is 4.79 Å². The Balaban J connectivity index is 2.32. The number of carbonyl (C=O) groups is 1. The van der Waals surface area contributed by atoms with Gasteiger partial charge in [-0.2, -0.15) is 0 Å². The Morgan fingerprint density at radius 1 is 1.06 bits per heavy atom. The molecule has 0 saturated heterocycles. The summed E-state index contributed by atoms with van der Waals surface area (Å²) in [6.45, 7) is 0.200. The normalized spacial score (nSPS) is 9.89. The minimum absolute atomic E-state index is 0.0812. The van der Waals surface area contributed by atoms with Gasteiger partial charge in [0.15, 0.2) is 11.6 Å². The first-order chi connectivity index (χ1) is 8.74. The van der Waals surface area contributed by atoms with Gasteiger partial charge >= 0.3 is 0 Å². The van der Waals surface area contributed by atoms with E-state index in [1.807, 2.05) is 12.1 Å². The average Bonchev–Trinajstić information content (AvgIpc) is 2.41. The van der Waals surface area contributed by atoms with Crippen LogP contribution in [-0.2, 0) is 4.79 Å². The number of benzene rings is 2. The van der Waals surface area contributed by atoms with Crippen molar-refractivity contribution in [2.24, 2.45) is 0 Å². The maximum absolute atomic E-state index is 13.6. The van der Waals surface area contributed by atoms with Crippen LogP contribution in [0.1, 0.15) is 0 Å². The molecule has 0 unspecified atom stereocenters. The average molecular weight is 246 g/mol. The van der Waals surface area contributed by atoms with Crippen molar-refractivity contribution in [1.29, 1.82) is 0 Å². The maximum atomic E-state index is 13.6. The molecule has 0 spiro atoms. The number of methoxy groups -OCH3 is 1. The second-order valence-electron chi connectivity index (χ2n) is 3.59. The Bertz CT molecular complexity index is 549. The third-order valence-electron chi connectivity index (χ3n) is 2.53. The smallest absolute Gasteiger partial charge is 0.298 e. The van der Waals surface area contributed by atoms with E-state index in [-0.39, 0.29) is 12.2 Å². The molecule has 0 aliphatic carbocycles. The van der Waals surface area contributed by atoms with Crippen molar-refractivity contribution in [2.75, 3.05) is 7.11 Å². The monoisotopic (exact) mass is 246 g/mol. The molecular weight excluding hydrogens is 235 g/mol. The summed E-state index contributed by atoms with van der Waals surface area (Å²) in [7, 11) is 1.58. The van der Waals surface area contributed by atoms with E-state index in [2.05, 4.69) is 4.74 Å². The van der Waals surface area contributed by atoms with Crippen LogP contribution < -0.4 is 9.47 Å². The molecule has 2 rings (SSSR count). The number of rotatable bonds is 4. The van der Waals surface area contributed by atoms with Crippen molar-refractivity contribution in [3.05, 3.63) is 48.3 Å². The van der Waals surface area contributed by atoms with Crippen LogP contribution in [-0.4, -0.2) is 13.6 Å². The molecule has 4 heteroatoms. The lowest BCUT2D eigenvalue weighted by atomic mass is 10.1. The standard InChI is InChI=1S/C14H11FO3/c1-17-12-5-2-10(3-6-12)11-4-7-14(18-9-16)13(15)8-11/h2-9H,1H3. The molecule has 0 atom stereocenters. The molecular formula is C14H11FO3. The largest absolute Gasteiger partial charge is 0.497 e. The summed E-state index contributed by atoms with van der Waals surface area (Å²) >= 11 is 0. The Labute approximate surface area is 104 Å². The summed E-state index contributed by atoms with van der Waals surface area (Å²) in [6, 6.07) is 11.7. The van der Waals surface area contributed by atoms with Crippen molar-refractivity contribution in [3.8, 4) is 22.6 Å². The number of ether oxygens (including phenoxy) is 2. The predicted molar refractivity (Wildman–Crippen MR) is 65.1 cm³/mol. The van der Waals surface area contributed by atoms with Crippen LogP contribution in [0.5, 0.6) is 11.5 Å². The summed E-state index contributed by atoms with van der Waals surface area (Å²) in [5.74, 6) is 0.0813. The zero-order valence-corrected chi connectivity index (χ0v) is 9.72. The number of halogens is 1. The highest BCUT2D eigenvalue weighted by molar-refractivity contribution is 5.65. The fourth-order valence-electron chi connectivity index (χ4n) is 1.61. The first-order valence-corrected chi connectivity index (χ1v) is 5.29. The van der Waals surface area contributed by atoms with Gasteiger partial charge < -0.3 is 9.47 Å². The topological polar surface area (TPSA) is 35.5 Å². The zero-order chi connectivity index (χ0) is 13.0. The Morgan fingerprint density at radius 2 is 1.72 bits per heavy atom. The Kier molecular flexibility index (Phi) is 3.57. The van der Waals surface area contributed by atoms with Crippen LogP contribution in [0.25, 0.3) is 11.1 Å². The van der Waals surface area contributed by atoms with Gasteiger partial charge in [-0.1, -0.05) is 18.2 Å². The molecule has 0 N–H and O–H groups in total. The SMILES string of the molecule is COc1ccc(-c2ccc(OC=O)c(F)c2)cc1. The summed E-state index contributed by atoms with van der Waals surface area (Å²) in [4.78, 5) is 10.1. The van der Waals surface area contributed by atoms with Gasteiger partial charge in [-0.15, -0.1) is 0 Å². The van der Waals surface area contributed by atoms with E-state index >= 15 is 0 Å². The molecule has 0 radical (unpaired) electrons. The molecule has 92 valence electrons. The zero-order valence-electron chi connectivity index (χ0n) is 9.72. The molecule has 2 aromatic carbocycles. The predicted octanol–water partition coefficient (Wildman–Crippen LogP) is 3.04. The third kappa shape index (κ3) is 2.48. The minimum atomic E-state index is -0.574. The Hall–Kier alpha value is -2.36. The van der Waals surface area contributed by atoms with Crippen LogP contribution in [0.2, 0.25) is 0 Å². The van der Waals surface area contributed by atoms with E-state index < -0.39 is 5.82 Å². The van der Waals surface area contributed by atoms with E-state index in [0.29, 0.717) is 5.56 Å². The van der Waals surface area contributed by atoms with Crippen molar-refractivity contribution in [1.82, 2.24) is 0 Å². The van der Waals surface area contributed by atoms with Crippen molar-refractivity contribution < 1.29 is 18.7 Å². The summed E-state index contributed by atoms with van der Waals surface area (Å²) in [5.41, 5.74) is 1.56. The molecule has 2 aromatic rings. The van der Waals surface area contributed by atoms with Crippen molar-refractivity contribution in [3.63, 3.8) is 0 Å². The van der Waals surface area contributed by atoms with Gasteiger partial charge in [0.2, 0.25) is 0 Å². The van der Waals surface area contributed by atoms with Gasteiger partial charge in [-0.05, 0) is 35.4 Å². The quantitative estimate of drug-likeness (QED) is 0.778. The van der Waals surface area contributed by atoms with E-state index in [1.54, 1.807) is 25.3 Å². The molecule has 0 heterocycles. The highest BCUT2D eigenvalue weighted by Gasteiger charge is 2.06. The minimum Gasteiger partial charge on any atom is -0.497 e. The van der Waals surface area contributed by atoms with Crippen molar-refractivity contribution >= 4 is 6.47 Å². The number of carbonyl (C=O) groups excluding carboxylic acids is 1. The molecule has 18 heavy (non-hydrogen) atoms. The maximum Gasteiger partial charge on any atom is 0.298 e. The lowest BCUT2D eigenvalue weighted by molar-refractivity contribution is -0.120. The van der Waals surface area contributed by atoms with Crippen LogP contribution in [0.15, 0.2) is 42.5 Å². The van der Waals surface area contributed by atoms with Gasteiger partial charge in [-0.25, -0.2) is 4.39 Å². The fraction of sp³-hybridized carbons (Fsp3) is 0.0714. The molecule has 0 bridgehead atoms.